The summed E-state index contributed by atoms with van der Waals surface area (Å²) < 4.78 is 0. The topological polar surface area (TPSA) is 82.2 Å². The molecule has 1 aromatic heterocycles. The van der Waals surface area contributed by atoms with Crippen LogP contribution < -0.4 is 16.0 Å². The van der Waals surface area contributed by atoms with Gasteiger partial charge in [0.05, 0.1) is 29.5 Å². The molecule has 0 aliphatic carbocycles. The van der Waals surface area contributed by atoms with Gasteiger partial charge in [-0.2, -0.15) is 0 Å². The fourth-order valence-electron chi connectivity index (χ4n) is 3.00. The standard InChI is InChI=1S/C19H26N6O/c1-14-5-6-16(20-7-10-25-8-3-4-9-25)17(11-14)23-19(26)24-18-13-21-15(2)12-22-18/h5-6,11-13,20H,3-4,7-10H2,1-2H3,(H2,22,23,24,26). The SMILES string of the molecule is Cc1ccc(NCCN2CCCC2)c(NC(=O)Nc2cnc(C)cn2)c1. The Morgan fingerprint density at radius 2 is 1.88 bits per heavy atom. The van der Waals surface area contributed by atoms with E-state index in [1.54, 1.807) is 12.4 Å². The van der Waals surface area contributed by atoms with Crippen molar-refractivity contribution >= 4 is 23.2 Å². The Kier molecular flexibility index (Phi) is 6.01. The number of hydrogen-bond acceptors (Lipinski definition) is 5. The number of rotatable bonds is 6. The average Bonchev–Trinajstić information content (AvgIpc) is 3.12. The number of benzene rings is 1. The predicted molar refractivity (Wildman–Crippen MR) is 105 cm³/mol. The highest BCUT2D eigenvalue weighted by Crippen LogP contribution is 2.23. The molecule has 0 radical (unpaired) electrons. The lowest BCUT2D eigenvalue weighted by atomic mass is 10.2. The number of anilines is 3. The van der Waals surface area contributed by atoms with E-state index in [-0.39, 0.29) is 6.03 Å². The second-order valence-electron chi connectivity index (χ2n) is 6.65. The zero-order chi connectivity index (χ0) is 18.4. The summed E-state index contributed by atoms with van der Waals surface area (Å²) in [6.45, 7) is 8.08. The van der Waals surface area contributed by atoms with E-state index in [1.165, 1.54) is 25.9 Å². The summed E-state index contributed by atoms with van der Waals surface area (Å²) in [4.78, 5) is 23.0. The highest BCUT2D eigenvalue weighted by Gasteiger charge is 2.12. The van der Waals surface area contributed by atoms with Gasteiger partial charge in [-0.3, -0.25) is 10.3 Å². The van der Waals surface area contributed by atoms with Crippen molar-refractivity contribution in [1.82, 2.24) is 14.9 Å². The molecule has 138 valence electrons. The molecule has 1 fully saturated rings. The quantitative estimate of drug-likeness (QED) is 0.742. The van der Waals surface area contributed by atoms with E-state index in [0.29, 0.717) is 5.82 Å². The molecule has 0 saturated carbocycles. The van der Waals surface area contributed by atoms with Crippen molar-refractivity contribution in [2.75, 3.05) is 42.1 Å². The van der Waals surface area contributed by atoms with Crippen molar-refractivity contribution in [2.24, 2.45) is 0 Å². The van der Waals surface area contributed by atoms with E-state index >= 15 is 0 Å². The van der Waals surface area contributed by atoms with Crippen molar-refractivity contribution < 1.29 is 4.79 Å². The van der Waals surface area contributed by atoms with Crippen LogP contribution in [0.25, 0.3) is 0 Å². The Bertz CT molecular complexity index is 740. The van der Waals surface area contributed by atoms with Gasteiger partial charge in [-0.15, -0.1) is 0 Å². The minimum atomic E-state index is -0.337. The highest BCUT2D eigenvalue weighted by molar-refractivity contribution is 6.01. The average molecular weight is 354 g/mol. The van der Waals surface area contributed by atoms with Crippen LogP contribution in [0.4, 0.5) is 22.0 Å². The fraction of sp³-hybridized carbons (Fsp3) is 0.421. The van der Waals surface area contributed by atoms with Crippen molar-refractivity contribution in [3.63, 3.8) is 0 Å². The van der Waals surface area contributed by atoms with Crippen molar-refractivity contribution in [2.45, 2.75) is 26.7 Å². The summed E-state index contributed by atoms with van der Waals surface area (Å²) in [6, 6.07) is 5.66. The number of amides is 2. The molecule has 0 atom stereocenters. The van der Waals surface area contributed by atoms with Crippen LogP contribution in [0.3, 0.4) is 0 Å². The number of nitrogens with zero attached hydrogens (tertiary/aromatic N) is 3. The van der Waals surface area contributed by atoms with Crippen LogP contribution in [-0.2, 0) is 0 Å². The number of nitrogens with one attached hydrogen (secondary N) is 3. The number of carbonyl (C=O) groups excluding carboxylic acids is 1. The zero-order valence-corrected chi connectivity index (χ0v) is 15.4. The Morgan fingerprint density at radius 3 is 2.62 bits per heavy atom. The van der Waals surface area contributed by atoms with Gasteiger partial charge in [-0.05, 0) is 57.5 Å². The molecule has 2 heterocycles. The van der Waals surface area contributed by atoms with Crippen molar-refractivity contribution in [3.05, 3.63) is 41.9 Å². The van der Waals surface area contributed by atoms with Crippen LogP contribution in [0.1, 0.15) is 24.1 Å². The molecule has 1 saturated heterocycles. The Labute approximate surface area is 154 Å². The summed E-state index contributed by atoms with van der Waals surface area (Å²) in [7, 11) is 0. The number of carbonyl (C=O) groups is 1. The molecule has 0 bridgehead atoms. The molecule has 1 aromatic carbocycles. The highest BCUT2D eigenvalue weighted by atomic mass is 16.2. The molecule has 3 rings (SSSR count). The molecule has 3 N–H and O–H groups in total. The molecule has 7 heteroatoms. The Hall–Kier alpha value is -2.67. The van der Waals surface area contributed by atoms with E-state index in [1.807, 2.05) is 32.0 Å². The first-order chi connectivity index (χ1) is 12.6. The van der Waals surface area contributed by atoms with Crippen LogP contribution in [0.5, 0.6) is 0 Å². The molecule has 1 aliphatic heterocycles. The molecule has 7 nitrogen and oxygen atoms in total. The number of hydrogen-bond donors (Lipinski definition) is 3. The smallest absolute Gasteiger partial charge is 0.324 e. The molecule has 2 aromatic rings. The van der Waals surface area contributed by atoms with Gasteiger partial charge in [0.25, 0.3) is 0 Å². The van der Waals surface area contributed by atoms with E-state index in [9.17, 15) is 4.79 Å². The summed E-state index contributed by atoms with van der Waals surface area (Å²) in [5.41, 5.74) is 3.56. The van der Waals surface area contributed by atoms with Gasteiger partial charge in [0.2, 0.25) is 0 Å². The zero-order valence-electron chi connectivity index (χ0n) is 15.4. The number of urea groups is 1. The second-order valence-corrected chi connectivity index (χ2v) is 6.65. The van der Waals surface area contributed by atoms with Crippen LogP contribution >= 0.6 is 0 Å². The van der Waals surface area contributed by atoms with Gasteiger partial charge in [0, 0.05) is 13.1 Å². The summed E-state index contributed by atoms with van der Waals surface area (Å²) in [6.07, 6.45) is 5.74. The van der Waals surface area contributed by atoms with E-state index in [2.05, 4.69) is 30.8 Å². The number of likely N-dealkylation sites (tertiary alicyclic amines) is 1. The number of aryl methyl sites for hydroxylation is 2. The lowest BCUT2D eigenvalue weighted by molar-refractivity contribution is 0.262. The van der Waals surface area contributed by atoms with Gasteiger partial charge in [0.1, 0.15) is 0 Å². The normalized spacial score (nSPS) is 14.2. The van der Waals surface area contributed by atoms with Crippen LogP contribution in [0, 0.1) is 13.8 Å². The monoisotopic (exact) mass is 354 g/mol. The van der Waals surface area contributed by atoms with Crippen LogP contribution in [-0.4, -0.2) is 47.1 Å². The van der Waals surface area contributed by atoms with Gasteiger partial charge in [0.15, 0.2) is 5.82 Å². The Balaban J connectivity index is 1.59. The van der Waals surface area contributed by atoms with Gasteiger partial charge in [-0.1, -0.05) is 6.07 Å². The third-order valence-electron chi connectivity index (χ3n) is 4.39. The third kappa shape index (κ3) is 5.16. The summed E-state index contributed by atoms with van der Waals surface area (Å²) in [5, 5.41) is 9.04. The second kappa shape index (κ2) is 8.62. The first kappa shape index (κ1) is 18.1. The molecular formula is C19H26N6O. The first-order valence-electron chi connectivity index (χ1n) is 9.04. The Morgan fingerprint density at radius 1 is 1.08 bits per heavy atom. The molecule has 1 aliphatic rings. The lowest BCUT2D eigenvalue weighted by Crippen LogP contribution is -2.26. The van der Waals surface area contributed by atoms with Gasteiger partial charge >= 0.3 is 6.03 Å². The molecule has 2 amide bonds. The minimum absolute atomic E-state index is 0.337. The summed E-state index contributed by atoms with van der Waals surface area (Å²) in [5.74, 6) is 0.421. The van der Waals surface area contributed by atoms with Crippen LogP contribution in [0.15, 0.2) is 30.6 Å². The molecule has 0 unspecified atom stereocenters. The molecular weight excluding hydrogens is 328 g/mol. The van der Waals surface area contributed by atoms with E-state index in [4.69, 9.17) is 0 Å². The lowest BCUT2D eigenvalue weighted by Gasteiger charge is -2.18. The maximum Gasteiger partial charge on any atom is 0.324 e. The first-order valence-corrected chi connectivity index (χ1v) is 9.04. The van der Waals surface area contributed by atoms with E-state index in [0.717, 1.165) is 35.7 Å². The van der Waals surface area contributed by atoms with E-state index < -0.39 is 0 Å². The van der Waals surface area contributed by atoms with Gasteiger partial charge < -0.3 is 15.5 Å². The number of aromatic nitrogens is 2. The third-order valence-corrected chi connectivity index (χ3v) is 4.39. The summed E-state index contributed by atoms with van der Waals surface area (Å²) >= 11 is 0. The fourth-order valence-corrected chi connectivity index (χ4v) is 3.00. The predicted octanol–water partition coefficient (Wildman–Crippen LogP) is 3.25. The maximum absolute atomic E-state index is 12.3. The molecule has 26 heavy (non-hydrogen) atoms. The largest absolute Gasteiger partial charge is 0.382 e. The van der Waals surface area contributed by atoms with Crippen LogP contribution in [0.2, 0.25) is 0 Å². The molecule has 0 spiro atoms. The maximum atomic E-state index is 12.3. The van der Waals surface area contributed by atoms with Crippen molar-refractivity contribution in [1.29, 1.82) is 0 Å². The minimum Gasteiger partial charge on any atom is -0.382 e. The van der Waals surface area contributed by atoms with Crippen molar-refractivity contribution in [3.8, 4) is 0 Å². The van der Waals surface area contributed by atoms with Gasteiger partial charge in [-0.25, -0.2) is 9.78 Å².